The fraction of sp³-hybridized carbons (Fsp3) is 0.385. The average molecular weight is 266 g/mol. The molecule has 0 aliphatic rings. The Kier molecular flexibility index (Phi) is 5.86. The van der Waals surface area contributed by atoms with Crippen molar-refractivity contribution in [2.75, 3.05) is 13.6 Å². The summed E-state index contributed by atoms with van der Waals surface area (Å²) in [6.45, 7) is 1.08. The van der Waals surface area contributed by atoms with Gasteiger partial charge in [-0.25, -0.2) is 13.1 Å². The highest BCUT2D eigenvalue weighted by atomic mass is 32.2. The van der Waals surface area contributed by atoms with Crippen LogP contribution in [0.1, 0.15) is 18.4 Å². The summed E-state index contributed by atoms with van der Waals surface area (Å²) < 4.78 is 26.3. The Labute approximate surface area is 109 Å². The monoisotopic (exact) mass is 266 g/mol. The summed E-state index contributed by atoms with van der Waals surface area (Å²) in [7, 11) is -1.57. The third-order valence-electron chi connectivity index (χ3n) is 2.40. The van der Waals surface area contributed by atoms with Gasteiger partial charge in [-0.1, -0.05) is 12.1 Å². The quantitative estimate of drug-likeness (QED) is 0.574. The first kappa shape index (κ1) is 14.7. The molecule has 1 rings (SSSR count). The van der Waals surface area contributed by atoms with Gasteiger partial charge in [0.1, 0.15) is 0 Å². The molecule has 0 aromatic heterocycles. The topological polar surface area (TPSA) is 58.2 Å². The van der Waals surface area contributed by atoms with Crippen LogP contribution in [0.3, 0.4) is 0 Å². The molecule has 2 N–H and O–H groups in total. The van der Waals surface area contributed by atoms with Gasteiger partial charge in [0, 0.05) is 19.5 Å². The van der Waals surface area contributed by atoms with Crippen molar-refractivity contribution < 1.29 is 8.42 Å². The summed E-state index contributed by atoms with van der Waals surface area (Å²) >= 11 is 0. The van der Waals surface area contributed by atoms with Gasteiger partial charge in [-0.05, 0) is 31.2 Å². The van der Waals surface area contributed by atoms with Gasteiger partial charge in [-0.15, -0.1) is 12.3 Å². The van der Waals surface area contributed by atoms with Crippen molar-refractivity contribution >= 4 is 10.0 Å². The van der Waals surface area contributed by atoms with Crippen LogP contribution in [0.5, 0.6) is 0 Å². The van der Waals surface area contributed by atoms with Crippen LogP contribution in [0, 0.1) is 12.3 Å². The summed E-state index contributed by atoms with van der Waals surface area (Å²) in [6.07, 6.45) is 6.32. The van der Waals surface area contributed by atoms with Gasteiger partial charge in [-0.3, -0.25) is 0 Å². The fourth-order valence-electron chi connectivity index (χ4n) is 1.47. The zero-order valence-corrected chi connectivity index (χ0v) is 11.3. The highest BCUT2D eigenvalue weighted by Crippen LogP contribution is 2.10. The molecule has 98 valence electrons. The Morgan fingerprint density at radius 3 is 2.50 bits per heavy atom. The van der Waals surface area contributed by atoms with Crippen molar-refractivity contribution in [3.63, 3.8) is 0 Å². The van der Waals surface area contributed by atoms with Crippen LogP contribution in [0.4, 0.5) is 0 Å². The minimum atomic E-state index is -3.41. The Hall–Kier alpha value is -1.35. The van der Waals surface area contributed by atoms with Crippen molar-refractivity contribution in [2.45, 2.75) is 24.3 Å². The Morgan fingerprint density at radius 2 is 1.94 bits per heavy atom. The van der Waals surface area contributed by atoms with E-state index in [4.69, 9.17) is 6.42 Å². The lowest BCUT2D eigenvalue weighted by molar-refractivity contribution is 0.579. The van der Waals surface area contributed by atoms with Crippen LogP contribution in [-0.4, -0.2) is 22.0 Å². The van der Waals surface area contributed by atoms with Crippen LogP contribution in [0.25, 0.3) is 0 Å². The second kappa shape index (κ2) is 7.17. The van der Waals surface area contributed by atoms with E-state index in [9.17, 15) is 8.42 Å². The first-order valence-corrected chi connectivity index (χ1v) is 7.25. The van der Waals surface area contributed by atoms with E-state index in [0.717, 1.165) is 12.1 Å². The third-order valence-corrected chi connectivity index (χ3v) is 3.88. The van der Waals surface area contributed by atoms with Crippen LogP contribution >= 0.6 is 0 Å². The molecule has 1 aromatic rings. The molecule has 0 saturated carbocycles. The molecule has 0 amide bonds. The molecule has 0 unspecified atom stereocenters. The smallest absolute Gasteiger partial charge is 0.240 e. The van der Waals surface area contributed by atoms with Gasteiger partial charge in [0.05, 0.1) is 4.90 Å². The SMILES string of the molecule is C#CCCCNS(=O)(=O)c1ccc(CNC)cc1. The van der Waals surface area contributed by atoms with Gasteiger partial charge in [0.2, 0.25) is 10.0 Å². The molecule has 0 aliphatic carbocycles. The molecule has 0 radical (unpaired) electrons. The molecular formula is C13H18N2O2S. The van der Waals surface area contributed by atoms with Crippen LogP contribution in [-0.2, 0) is 16.6 Å². The van der Waals surface area contributed by atoms with Crippen molar-refractivity contribution in [2.24, 2.45) is 0 Å². The van der Waals surface area contributed by atoms with Crippen LogP contribution < -0.4 is 10.0 Å². The van der Waals surface area contributed by atoms with Gasteiger partial charge in [0.25, 0.3) is 0 Å². The average Bonchev–Trinajstić information content (AvgIpc) is 2.36. The van der Waals surface area contributed by atoms with Gasteiger partial charge in [0.15, 0.2) is 0 Å². The molecule has 5 heteroatoms. The maximum atomic E-state index is 11.9. The summed E-state index contributed by atoms with van der Waals surface area (Å²) in [5.41, 5.74) is 1.05. The van der Waals surface area contributed by atoms with E-state index in [1.807, 2.05) is 7.05 Å². The highest BCUT2D eigenvalue weighted by molar-refractivity contribution is 7.89. The number of hydrogen-bond donors (Lipinski definition) is 2. The minimum absolute atomic E-state index is 0.281. The number of rotatable bonds is 7. The summed E-state index contributed by atoms with van der Waals surface area (Å²) in [4.78, 5) is 0.281. The first-order valence-electron chi connectivity index (χ1n) is 5.77. The predicted octanol–water partition coefficient (Wildman–Crippen LogP) is 1.10. The van der Waals surface area contributed by atoms with E-state index in [2.05, 4.69) is 16.0 Å². The van der Waals surface area contributed by atoms with Crippen LogP contribution in [0.15, 0.2) is 29.2 Å². The molecule has 0 atom stereocenters. The lowest BCUT2D eigenvalue weighted by Gasteiger charge is -2.07. The fourth-order valence-corrected chi connectivity index (χ4v) is 2.55. The molecule has 0 bridgehead atoms. The molecule has 0 aliphatic heterocycles. The highest BCUT2D eigenvalue weighted by Gasteiger charge is 2.12. The second-order valence-electron chi connectivity index (χ2n) is 3.88. The Bertz CT molecular complexity index is 501. The van der Waals surface area contributed by atoms with Crippen molar-refractivity contribution in [1.82, 2.24) is 10.0 Å². The molecule has 1 aromatic carbocycles. The third kappa shape index (κ3) is 4.49. The molecule has 0 spiro atoms. The summed E-state index contributed by atoms with van der Waals surface area (Å²) in [5.74, 6) is 2.47. The van der Waals surface area contributed by atoms with E-state index in [0.29, 0.717) is 19.4 Å². The lowest BCUT2D eigenvalue weighted by Crippen LogP contribution is -2.24. The summed E-state index contributed by atoms with van der Waals surface area (Å²) in [6, 6.07) is 6.81. The van der Waals surface area contributed by atoms with E-state index < -0.39 is 10.0 Å². The maximum absolute atomic E-state index is 11.9. The van der Waals surface area contributed by atoms with E-state index in [1.165, 1.54) is 0 Å². The molecule has 18 heavy (non-hydrogen) atoms. The van der Waals surface area contributed by atoms with Crippen molar-refractivity contribution in [3.05, 3.63) is 29.8 Å². The van der Waals surface area contributed by atoms with Gasteiger partial charge < -0.3 is 5.32 Å². The predicted molar refractivity (Wildman–Crippen MR) is 72.5 cm³/mol. The number of terminal acetylenes is 1. The summed E-state index contributed by atoms with van der Waals surface area (Å²) in [5, 5.41) is 3.01. The first-order chi connectivity index (χ1) is 8.60. The standard InChI is InChI=1S/C13H18N2O2S/c1-3-4-5-10-15-18(16,17)13-8-6-12(7-9-13)11-14-2/h1,6-9,14-15H,4-5,10-11H2,2H3. The largest absolute Gasteiger partial charge is 0.316 e. The van der Waals surface area contributed by atoms with E-state index >= 15 is 0 Å². The van der Waals surface area contributed by atoms with Gasteiger partial charge in [-0.2, -0.15) is 0 Å². The molecule has 4 nitrogen and oxygen atoms in total. The van der Waals surface area contributed by atoms with Gasteiger partial charge >= 0.3 is 0 Å². The Balaban J connectivity index is 2.64. The van der Waals surface area contributed by atoms with Crippen LogP contribution in [0.2, 0.25) is 0 Å². The zero-order chi connectivity index (χ0) is 13.4. The molecule has 0 heterocycles. The second-order valence-corrected chi connectivity index (χ2v) is 5.65. The number of benzene rings is 1. The normalized spacial score (nSPS) is 11.1. The van der Waals surface area contributed by atoms with E-state index in [1.54, 1.807) is 24.3 Å². The lowest BCUT2D eigenvalue weighted by atomic mass is 10.2. The maximum Gasteiger partial charge on any atom is 0.240 e. The number of sulfonamides is 1. The minimum Gasteiger partial charge on any atom is -0.316 e. The number of nitrogens with one attached hydrogen (secondary N) is 2. The Morgan fingerprint density at radius 1 is 1.28 bits per heavy atom. The van der Waals surface area contributed by atoms with E-state index in [-0.39, 0.29) is 4.90 Å². The zero-order valence-electron chi connectivity index (χ0n) is 10.4. The van der Waals surface area contributed by atoms with Crippen molar-refractivity contribution in [1.29, 1.82) is 0 Å². The molecule has 0 fully saturated rings. The molecule has 0 saturated heterocycles. The number of hydrogen-bond acceptors (Lipinski definition) is 3. The van der Waals surface area contributed by atoms with Crippen molar-refractivity contribution in [3.8, 4) is 12.3 Å². The number of unbranched alkanes of at least 4 members (excludes halogenated alkanes) is 1. The molecular weight excluding hydrogens is 248 g/mol.